The molecule has 0 radical (unpaired) electrons. The Labute approximate surface area is 179 Å². The summed E-state index contributed by atoms with van der Waals surface area (Å²) in [6.07, 6.45) is 2.00. The molecule has 3 aromatic rings. The van der Waals surface area contributed by atoms with E-state index in [0.717, 1.165) is 41.6 Å². The number of guanidine groups is 1. The van der Waals surface area contributed by atoms with Gasteiger partial charge in [-0.2, -0.15) is 0 Å². The summed E-state index contributed by atoms with van der Waals surface area (Å²) in [7, 11) is 1.79. The van der Waals surface area contributed by atoms with E-state index in [2.05, 4.69) is 50.7 Å². The molecule has 26 heavy (non-hydrogen) atoms. The smallest absolute Gasteiger partial charge is 0.191 e. The first kappa shape index (κ1) is 21.0. The van der Waals surface area contributed by atoms with Crippen molar-refractivity contribution >= 4 is 62.8 Å². The molecule has 0 aliphatic heterocycles. The molecule has 3 rings (SSSR count). The second kappa shape index (κ2) is 10.2. The van der Waals surface area contributed by atoms with Crippen molar-refractivity contribution in [1.29, 1.82) is 0 Å². The van der Waals surface area contributed by atoms with Crippen molar-refractivity contribution in [2.75, 3.05) is 13.6 Å². The lowest BCUT2D eigenvalue weighted by Crippen LogP contribution is -2.37. The first-order valence-corrected chi connectivity index (χ1v) is 10.0. The van der Waals surface area contributed by atoms with Gasteiger partial charge in [0.2, 0.25) is 0 Å². The van der Waals surface area contributed by atoms with Crippen LogP contribution in [0.2, 0.25) is 0 Å². The molecule has 1 aromatic carbocycles. The first-order chi connectivity index (χ1) is 12.2. The molecular formula is C18H24IN5S2. The number of rotatable bonds is 6. The zero-order chi connectivity index (χ0) is 17.6. The number of nitrogens with zero attached hydrogens (tertiary/aromatic N) is 3. The SMILES string of the molecule is CN=C(NCCCc1nc2ccccc2s1)NCc1nc(C)c(C)s1.I. The number of para-hydroxylation sites is 1. The van der Waals surface area contributed by atoms with Crippen molar-refractivity contribution < 1.29 is 0 Å². The van der Waals surface area contributed by atoms with Crippen molar-refractivity contribution in [2.45, 2.75) is 33.2 Å². The van der Waals surface area contributed by atoms with Crippen LogP contribution in [0.4, 0.5) is 0 Å². The molecule has 0 saturated carbocycles. The summed E-state index contributed by atoms with van der Waals surface area (Å²) in [5, 5.41) is 8.96. The van der Waals surface area contributed by atoms with Crippen LogP contribution in [0.25, 0.3) is 10.2 Å². The molecule has 5 nitrogen and oxygen atoms in total. The van der Waals surface area contributed by atoms with Gasteiger partial charge in [-0.15, -0.1) is 46.7 Å². The van der Waals surface area contributed by atoms with E-state index in [1.165, 1.54) is 14.6 Å². The Bertz CT molecular complexity index is 819. The summed E-state index contributed by atoms with van der Waals surface area (Å²) in [4.78, 5) is 14.8. The lowest BCUT2D eigenvalue weighted by molar-refractivity contribution is 0.739. The van der Waals surface area contributed by atoms with Crippen molar-refractivity contribution in [3.63, 3.8) is 0 Å². The maximum atomic E-state index is 4.67. The molecule has 2 N–H and O–H groups in total. The summed E-state index contributed by atoms with van der Waals surface area (Å²) in [6, 6.07) is 8.30. The number of aromatic nitrogens is 2. The average molecular weight is 501 g/mol. The van der Waals surface area contributed by atoms with Crippen molar-refractivity contribution in [2.24, 2.45) is 4.99 Å². The molecule has 0 fully saturated rings. The molecule has 140 valence electrons. The van der Waals surface area contributed by atoms with Gasteiger partial charge >= 0.3 is 0 Å². The van der Waals surface area contributed by atoms with Crippen LogP contribution in [0.3, 0.4) is 0 Å². The predicted octanol–water partition coefficient (Wildman–Crippen LogP) is 4.29. The Morgan fingerprint density at radius 2 is 1.88 bits per heavy atom. The van der Waals surface area contributed by atoms with E-state index in [9.17, 15) is 0 Å². The maximum absolute atomic E-state index is 4.67. The van der Waals surface area contributed by atoms with Crippen LogP contribution in [0, 0.1) is 13.8 Å². The molecule has 0 bridgehead atoms. The summed E-state index contributed by atoms with van der Waals surface area (Å²) < 4.78 is 1.26. The lowest BCUT2D eigenvalue weighted by atomic mass is 10.3. The summed E-state index contributed by atoms with van der Waals surface area (Å²) in [6.45, 7) is 5.72. The number of halogens is 1. The second-order valence-electron chi connectivity index (χ2n) is 5.78. The molecular weight excluding hydrogens is 477 g/mol. The van der Waals surface area contributed by atoms with Crippen LogP contribution in [0.5, 0.6) is 0 Å². The van der Waals surface area contributed by atoms with E-state index in [1.807, 2.05) is 13.0 Å². The third-order valence-electron chi connectivity index (χ3n) is 3.90. The number of nitrogens with one attached hydrogen (secondary N) is 2. The first-order valence-electron chi connectivity index (χ1n) is 8.37. The maximum Gasteiger partial charge on any atom is 0.191 e. The molecule has 0 aliphatic carbocycles. The van der Waals surface area contributed by atoms with Gasteiger partial charge in [-0.05, 0) is 32.4 Å². The van der Waals surface area contributed by atoms with E-state index in [0.29, 0.717) is 6.54 Å². The lowest BCUT2D eigenvalue weighted by Gasteiger charge is -2.10. The minimum Gasteiger partial charge on any atom is -0.356 e. The highest BCUT2D eigenvalue weighted by Gasteiger charge is 2.06. The fourth-order valence-corrected chi connectivity index (χ4v) is 4.35. The van der Waals surface area contributed by atoms with Crippen LogP contribution in [0.1, 0.15) is 27.0 Å². The van der Waals surface area contributed by atoms with Gasteiger partial charge < -0.3 is 10.6 Å². The second-order valence-corrected chi connectivity index (χ2v) is 8.18. The standard InChI is InChI=1S/C18H23N5S2.HI/c1-12-13(2)24-17(22-12)11-21-18(19-3)20-10-6-9-16-23-14-7-4-5-8-15(14)25-16;/h4-5,7-8H,6,9-11H2,1-3H3,(H2,19,20,21);1H. The Morgan fingerprint density at radius 3 is 2.58 bits per heavy atom. The number of hydrogen-bond acceptors (Lipinski definition) is 5. The van der Waals surface area contributed by atoms with Crippen molar-refractivity contribution in [3.8, 4) is 0 Å². The Balaban J connectivity index is 0.00000243. The van der Waals surface area contributed by atoms with Gasteiger partial charge in [0.25, 0.3) is 0 Å². The molecule has 0 unspecified atom stereocenters. The highest BCUT2D eigenvalue weighted by Crippen LogP contribution is 2.22. The Kier molecular flexibility index (Phi) is 8.23. The zero-order valence-electron chi connectivity index (χ0n) is 15.2. The quantitative estimate of drug-likeness (QED) is 0.229. The van der Waals surface area contributed by atoms with Gasteiger partial charge in [0.15, 0.2) is 5.96 Å². The molecule has 0 spiro atoms. The number of benzene rings is 1. The summed E-state index contributed by atoms with van der Waals surface area (Å²) >= 11 is 3.51. The third-order valence-corrected chi connectivity index (χ3v) is 6.07. The predicted molar refractivity (Wildman–Crippen MR) is 123 cm³/mol. The van der Waals surface area contributed by atoms with Crippen molar-refractivity contribution in [3.05, 3.63) is 44.9 Å². The normalized spacial score (nSPS) is 11.4. The topological polar surface area (TPSA) is 62.2 Å². The number of hydrogen-bond donors (Lipinski definition) is 2. The molecule has 2 heterocycles. The van der Waals surface area contributed by atoms with Crippen LogP contribution in [0.15, 0.2) is 29.3 Å². The number of aryl methyl sites for hydroxylation is 3. The van der Waals surface area contributed by atoms with Crippen LogP contribution < -0.4 is 10.6 Å². The molecule has 0 amide bonds. The van der Waals surface area contributed by atoms with E-state index in [-0.39, 0.29) is 24.0 Å². The summed E-state index contributed by atoms with van der Waals surface area (Å²) in [5.41, 5.74) is 2.21. The molecule has 8 heteroatoms. The minimum absolute atomic E-state index is 0. The molecule has 0 atom stereocenters. The third kappa shape index (κ3) is 5.62. The fourth-order valence-electron chi connectivity index (χ4n) is 2.47. The van der Waals surface area contributed by atoms with E-state index in [1.54, 1.807) is 29.7 Å². The largest absolute Gasteiger partial charge is 0.356 e. The van der Waals surface area contributed by atoms with Crippen LogP contribution in [-0.2, 0) is 13.0 Å². The molecule has 2 aromatic heterocycles. The van der Waals surface area contributed by atoms with Crippen LogP contribution >= 0.6 is 46.7 Å². The van der Waals surface area contributed by atoms with Gasteiger partial charge in [-0.3, -0.25) is 4.99 Å². The Morgan fingerprint density at radius 1 is 1.08 bits per heavy atom. The summed E-state index contributed by atoms with van der Waals surface area (Å²) in [5.74, 6) is 0.815. The van der Waals surface area contributed by atoms with Gasteiger partial charge in [0, 0.05) is 24.9 Å². The molecule has 0 saturated heterocycles. The average Bonchev–Trinajstić information content (AvgIpc) is 3.17. The zero-order valence-corrected chi connectivity index (χ0v) is 19.2. The highest BCUT2D eigenvalue weighted by molar-refractivity contribution is 14.0. The van der Waals surface area contributed by atoms with Gasteiger partial charge in [-0.25, -0.2) is 9.97 Å². The molecule has 0 aliphatic rings. The Hall–Kier alpha value is -1.26. The van der Waals surface area contributed by atoms with E-state index in [4.69, 9.17) is 0 Å². The minimum atomic E-state index is 0. The van der Waals surface area contributed by atoms with E-state index < -0.39 is 0 Å². The van der Waals surface area contributed by atoms with E-state index >= 15 is 0 Å². The number of aliphatic imine (C=N–C) groups is 1. The van der Waals surface area contributed by atoms with Gasteiger partial charge in [0.1, 0.15) is 5.01 Å². The van der Waals surface area contributed by atoms with Crippen LogP contribution in [-0.4, -0.2) is 29.5 Å². The highest BCUT2D eigenvalue weighted by atomic mass is 127. The van der Waals surface area contributed by atoms with Gasteiger partial charge in [-0.1, -0.05) is 12.1 Å². The van der Waals surface area contributed by atoms with Gasteiger partial charge in [0.05, 0.1) is 27.5 Å². The fraction of sp³-hybridized carbons (Fsp3) is 0.389. The number of thiazole rings is 2. The monoisotopic (exact) mass is 501 g/mol. The van der Waals surface area contributed by atoms with Crippen molar-refractivity contribution in [1.82, 2.24) is 20.6 Å². The number of fused-ring (bicyclic) bond motifs is 1.